The quantitative estimate of drug-likeness (QED) is 0.758. The van der Waals surface area contributed by atoms with E-state index >= 15 is 0 Å². The van der Waals surface area contributed by atoms with Gasteiger partial charge in [0.25, 0.3) is 0 Å². The van der Waals surface area contributed by atoms with Gasteiger partial charge in [-0.15, -0.1) is 0 Å². The second-order valence-corrected chi connectivity index (χ2v) is 7.15. The van der Waals surface area contributed by atoms with Gasteiger partial charge >= 0.3 is 10.1 Å². The van der Waals surface area contributed by atoms with Crippen molar-refractivity contribution in [2.45, 2.75) is 25.7 Å². The maximum Gasteiger partial charge on any atom is 0.339 e. The van der Waals surface area contributed by atoms with Crippen LogP contribution in [0, 0.1) is 20.8 Å². The molecule has 21 heavy (non-hydrogen) atoms. The van der Waals surface area contributed by atoms with Crippen LogP contribution in [0.3, 0.4) is 0 Å². The maximum atomic E-state index is 12.3. The Labute approximate surface area is 134 Å². The summed E-state index contributed by atoms with van der Waals surface area (Å²) in [7, 11) is -3.90. The molecule has 0 aliphatic carbocycles. The van der Waals surface area contributed by atoms with Gasteiger partial charge in [0.15, 0.2) is 0 Å². The number of rotatable bonds is 3. The molecule has 0 amide bonds. The number of hydrogen-bond donors (Lipinski definition) is 0. The van der Waals surface area contributed by atoms with E-state index in [4.69, 9.17) is 27.4 Å². The largest absolute Gasteiger partial charge is 0.379 e. The summed E-state index contributed by atoms with van der Waals surface area (Å²) in [6, 6.07) is 7.62. The standard InChI is InChI=1S/C15H14Cl2O3S/c1-9-8-13(4-5-14(9)16)21(18,19)20-12-6-10(2)15(17)11(3)7-12/h4-8H,1-3H3. The van der Waals surface area contributed by atoms with Crippen molar-refractivity contribution in [2.24, 2.45) is 0 Å². The average molecular weight is 345 g/mol. The van der Waals surface area contributed by atoms with Crippen LogP contribution in [0.4, 0.5) is 0 Å². The molecule has 0 heterocycles. The Hall–Kier alpha value is -1.23. The average Bonchev–Trinajstić information content (AvgIpc) is 2.38. The van der Waals surface area contributed by atoms with Crippen LogP contribution >= 0.6 is 23.2 Å². The van der Waals surface area contributed by atoms with Gasteiger partial charge in [0.2, 0.25) is 0 Å². The number of halogens is 2. The highest BCUT2D eigenvalue weighted by molar-refractivity contribution is 7.87. The Balaban J connectivity index is 2.39. The minimum absolute atomic E-state index is 0.0645. The fourth-order valence-electron chi connectivity index (χ4n) is 1.90. The summed E-state index contributed by atoms with van der Waals surface area (Å²) in [4.78, 5) is 0.0645. The van der Waals surface area contributed by atoms with E-state index < -0.39 is 10.1 Å². The zero-order valence-corrected chi connectivity index (χ0v) is 14.1. The summed E-state index contributed by atoms with van der Waals surface area (Å²) >= 11 is 12.0. The Morgan fingerprint density at radius 1 is 0.905 bits per heavy atom. The molecule has 0 fully saturated rings. The molecule has 2 aromatic rings. The summed E-state index contributed by atoms with van der Waals surface area (Å²) < 4.78 is 29.7. The lowest BCUT2D eigenvalue weighted by atomic mass is 10.1. The lowest BCUT2D eigenvalue weighted by molar-refractivity contribution is 0.485. The highest BCUT2D eigenvalue weighted by atomic mass is 35.5. The van der Waals surface area contributed by atoms with Crippen LogP contribution in [0.1, 0.15) is 16.7 Å². The van der Waals surface area contributed by atoms with Crippen molar-refractivity contribution in [3.8, 4) is 5.75 Å². The van der Waals surface area contributed by atoms with Crippen LogP contribution in [0.15, 0.2) is 35.2 Å². The first-order chi connectivity index (χ1) is 9.70. The van der Waals surface area contributed by atoms with Gasteiger partial charge in [0, 0.05) is 10.0 Å². The van der Waals surface area contributed by atoms with Gasteiger partial charge in [-0.05, 0) is 67.8 Å². The molecule has 112 valence electrons. The molecule has 0 saturated heterocycles. The van der Waals surface area contributed by atoms with Crippen molar-refractivity contribution in [1.82, 2.24) is 0 Å². The molecule has 0 unspecified atom stereocenters. The normalized spacial score (nSPS) is 11.5. The smallest absolute Gasteiger partial charge is 0.339 e. The zero-order valence-electron chi connectivity index (χ0n) is 11.8. The van der Waals surface area contributed by atoms with Crippen molar-refractivity contribution in [2.75, 3.05) is 0 Å². The zero-order chi connectivity index (χ0) is 15.8. The summed E-state index contributed by atoms with van der Waals surface area (Å²) in [5.74, 6) is 0.238. The molecule has 0 radical (unpaired) electrons. The van der Waals surface area contributed by atoms with Gasteiger partial charge in [0.1, 0.15) is 10.6 Å². The highest BCUT2D eigenvalue weighted by Gasteiger charge is 2.18. The van der Waals surface area contributed by atoms with E-state index in [2.05, 4.69) is 0 Å². The molecule has 0 aliphatic heterocycles. The van der Waals surface area contributed by atoms with Crippen LogP contribution < -0.4 is 4.18 Å². The van der Waals surface area contributed by atoms with Gasteiger partial charge in [-0.1, -0.05) is 23.2 Å². The van der Waals surface area contributed by atoms with Crippen molar-refractivity contribution in [1.29, 1.82) is 0 Å². The minimum Gasteiger partial charge on any atom is -0.379 e. The summed E-state index contributed by atoms with van der Waals surface area (Å²) in [5.41, 5.74) is 2.19. The van der Waals surface area contributed by atoms with Gasteiger partial charge in [0.05, 0.1) is 0 Å². The van der Waals surface area contributed by atoms with E-state index in [0.717, 1.165) is 11.1 Å². The predicted molar refractivity (Wildman–Crippen MR) is 84.9 cm³/mol. The van der Waals surface area contributed by atoms with E-state index in [1.54, 1.807) is 32.9 Å². The molecule has 0 aliphatic rings. The molecule has 0 bridgehead atoms. The molecule has 2 rings (SSSR count). The van der Waals surface area contributed by atoms with Crippen LogP contribution in [-0.4, -0.2) is 8.42 Å². The lowest BCUT2D eigenvalue weighted by Gasteiger charge is -2.11. The van der Waals surface area contributed by atoms with Crippen molar-refractivity contribution < 1.29 is 12.6 Å². The fourth-order valence-corrected chi connectivity index (χ4v) is 3.13. The van der Waals surface area contributed by atoms with Crippen LogP contribution in [0.25, 0.3) is 0 Å². The van der Waals surface area contributed by atoms with Crippen molar-refractivity contribution in [3.63, 3.8) is 0 Å². The van der Waals surface area contributed by atoms with Gasteiger partial charge in [-0.2, -0.15) is 8.42 Å². The van der Waals surface area contributed by atoms with E-state index in [9.17, 15) is 8.42 Å². The van der Waals surface area contributed by atoms with Crippen molar-refractivity contribution >= 4 is 33.3 Å². The van der Waals surface area contributed by atoms with E-state index in [1.165, 1.54) is 18.2 Å². The first kappa shape index (κ1) is 16.1. The number of hydrogen-bond acceptors (Lipinski definition) is 3. The van der Waals surface area contributed by atoms with E-state index in [1.807, 2.05) is 0 Å². The summed E-state index contributed by atoms with van der Waals surface area (Å²) in [6.45, 7) is 5.32. The monoisotopic (exact) mass is 344 g/mol. The van der Waals surface area contributed by atoms with Gasteiger partial charge in [-0.25, -0.2) is 0 Å². The predicted octanol–water partition coefficient (Wildman–Crippen LogP) is 4.69. The molecular weight excluding hydrogens is 331 g/mol. The van der Waals surface area contributed by atoms with Crippen LogP contribution in [0.2, 0.25) is 10.0 Å². The Bertz CT molecular complexity index is 776. The molecular formula is C15H14Cl2O3S. The molecule has 2 aromatic carbocycles. The molecule has 0 saturated carbocycles. The Morgan fingerprint density at radius 3 is 2.00 bits per heavy atom. The minimum atomic E-state index is -3.90. The van der Waals surface area contributed by atoms with E-state index in [0.29, 0.717) is 15.6 Å². The second-order valence-electron chi connectivity index (χ2n) is 4.82. The third-order valence-corrected chi connectivity index (χ3v) is 5.30. The molecule has 0 atom stereocenters. The SMILES string of the molecule is Cc1cc(S(=O)(=O)Oc2cc(C)c(Cl)c(C)c2)ccc1Cl. The van der Waals surface area contributed by atoms with Crippen molar-refractivity contribution in [3.05, 3.63) is 57.1 Å². The highest BCUT2D eigenvalue weighted by Crippen LogP contribution is 2.28. The third-order valence-electron chi connectivity index (χ3n) is 3.03. The summed E-state index contributed by atoms with van der Waals surface area (Å²) in [6.07, 6.45) is 0. The molecule has 0 aromatic heterocycles. The number of aryl methyl sites for hydroxylation is 3. The lowest BCUT2D eigenvalue weighted by Crippen LogP contribution is -2.10. The topological polar surface area (TPSA) is 43.4 Å². The van der Waals surface area contributed by atoms with Gasteiger partial charge < -0.3 is 4.18 Å². The van der Waals surface area contributed by atoms with E-state index in [-0.39, 0.29) is 10.6 Å². The second kappa shape index (κ2) is 5.87. The third kappa shape index (κ3) is 3.51. The molecule has 3 nitrogen and oxygen atoms in total. The van der Waals surface area contributed by atoms with Gasteiger partial charge in [-0.3, -0.25) is 0 Å². The molecule has 6 heteroatoms. The Morgan fingerprint density at radius 2 is 1.48 bits per heavy atom. The number of benzene rings is 2. The van der Waals surface area contributed by atoms with Crippen LogP contribution in [-0.2, 0) is 10.1 Å². The first-order valence-corrected chi connectivity index (χ1v) is 8.34. The first-order valence-electron chi connectivity index (χ1n) is 6.18. The fraction of sp³-hybridized carbons (Fsp3) is 0.200. The van der Waals surface area contributed by atoms with Crippen LogP contribution in [0.5, 0.6) is 5.75 Å². The molecule has 0 spiro atoms. The summed E-state index contributed by atoms with van der Waals surface area (Å²) in [5, 5.41) is 1.11. The Kier molecular flexibility index (Phi) is 4.51. The maximum absolute atomic E-state index is 12.3. The molecule has 0 N–H and O–H groups in total.